The molecule has 0 saturated heterocycles. The molecule has 0 heterocycles. The fraction of sp³-hybridized carbons (Fsp3) is 0.294. The van der Waals surface area contributed by atoms with Gasteiger partial charge in [0.1, 0.15) is 17.2 Å². The van der Waals surface area contributed by atoms with Crippen molar-refractivity contribution in [3.8, 4) is 17.2 Å². The van der Waals surface area contributed by atoms with E-state index >= 15 is 0 Å². The molecule has 0 amide bonds. The highest BCUT2D eigenvalue weighted by molar-refractivity contribution is 5.43. The molecule has 0 saturated carbocycles. The smallest absolute Gasteiger partial charge is 0.126 e. The van der Waals surface area contributed by atoms with E-state index in [2.05, 4.69) is 12.1 Å². The van der Waals surface area contributed by atoms with E-state index in [0.717, 1.165) is 29.2 Å². The first-order valence-corrected chi connectivity index (χ1v) is 6.69. The van der Waals surface area contributed by atoms with Crippen LogP contribution in [0.25, 0.3) is 0 Å². The summed E-state index contributed by atoms with van der Waals surface area (Å²) in [5.74, 6) is 2.55. The van der Waals surface area contributed by atoms with Crippen molar-refractivity contribution in [2.24, 2.45) is 0 Å². The van der Waals surface area contributed by atoms with E-state index in [-0.39, 0.29) is 0 Å². The molecule has 0 atom stereocenters. The van der Waals surface area contributed by atoms with E-state index in [1.165, 1.54) is 5.56 Å². The van der Waals surface area contributed by atoms with E-state index < -0.39 is 0 Å². The zero-order valence-corrected chi connectivity index (χ0v) is 12.2. The first-order chi connectivity index (χ1) is 9.76. The lowest BCUT2D eigenvalue weighted by Crippen LogP contribution is -1.96. The number of rotatable bonds is 6. The molecule has 2 aromatic carbocycles. The highest BCUT2D eigenvalue weighted by Crippen LogP contribution is 2.27. The van der Waals surface area contributed by atoms with Gasteiger partial charge in [-0.2, -0.15) is 0 Å². The van der Waals surface area contributed by atoms with Crippen molar-refractivity contribution >= 4 is 0 Å². The van der Waals surface area contributed by atoms with Gasteiger partial charge in [0.2, 0.25) is 0 Å². The minimum Gasteiger partial charge on any atom is -0.497 e. The average Bonchev–Trinajstić information content (AvgIpc) is 2.50. The van der Waals surface area contributed by atoms with Crippen LogP contribution >= 0.6 is 0 Å². The fourth-order valence-electron chi connectivity index (χ4n) is 2.09. The van der Waals surface area contributed by atoms with Crippen LogP contribution in [-0.4, -0.2) is 20.8 Å². The summed E-state index contributed by atoms with van der Waals surface area (Å²) in [6.07, 6.45) is 0.819. The van der Waals surface area contributed by atoms with Crippen molar-refractivity contribution in [3.63, 3.8) is 0 Å². The molecule has 0 N–H and O–H groups in total. The zero-order chi connectivity index (χ0) is 14.4. The second-order valence-corrected chi connectivity index (χ2v) is 4.43. The van der Waals surface area contributed by atoms with Crippen LogP contribution in [0.15, 0.2) is 42.5 Å². The number of ether oxygens (including phenoxy) is 3. The van der Waals surface area contributed by atoms with E-state index in [9.17, 15) is 0 Å². The summed E-state index contributed by atoms with van der Waals surface area (Å²) in [7, 11) is 3.33. The Hall–Kier alpha value is -2.16. The van der Waals surface area contributed by atoms with E-state index in [4.69, 9.17) is 14.2 Å². The molecular weight excluding hydrogens is 252 g/mol. The molecular formula is C17H20O3. The third-order valence-corrected chi connectivity index (χ3v) is 3.12. The highest BCUT2D eigenvalue weighted by Gasteiger charge is 2.06. The van der Waals surface area contributed by atoms with Crippen molar-refractivity contribution in [2.45, 2.75) is 13.3 Å². The van der Waals surface area contributed by atoms with Gasteiger partial charge in [-0.25, -0.2) is 0 Å². The molecule has 0 unspecified atom stereocenters. The predicted octanol–water partition coefficient (Wildman–Crippen LogP) is 3.69. The molecule has 20 heavy (non-hydrogen) atoms. The SMILES string of the molecule is CCOc1ccc(Cc2ccc(OC)cc2OC)cc1. The summed E-state index contributed by atoms with van der Waals surface area (Å²) in [5.41, 5.74) is 2.36. The third kappa shape index (κ3) is 3.44. The van der Waals surface area contributed by atoms with Gasteiger partial charge >= 0.3 is 0 Å². The van der Waals surface area contributed by atoms with Crippen molar-refractivity contribution in [2.75, 3.05) is 20.8 Å². The van der Waals surface area contributed by atoms with Crippen LogP contribution in [-0.2, 0) is 6.42 Å². The Kier molecular flexibility index (Phi) is 4.88. The molecule has 0 fully saturated rings. The minimum absolute atomic E-state index is 0.686. The van der Waals surface area contributed by atoms with Gasteiger partial charge in [0.25, 0.3) is 0 Å². The molecule has 2 rings (SSSR count). The van der Waals surface area contributed by atoms with Crippen LogP contribution in [0.5, 0.6) is 17.2 Å². The topological polar surface area (TPSA) is 27.7 Å². The minimum atomic E-state index is 0.686. The number of methoxy groups -OCH3 is 2. The molecule has 0 radical (unpaired) electrons. The van der Waals surface area contributed by atoms with Gasteiger partial charge in [-0.3, -0.25) is 0 Å². The van der Waals surface area contributed by atoms with Crippen LogP contribution in [0.4, 0.5) is 0 Å². The summed E-state index contributed by atoms with van der Waals surface area (Å²) >= 11 is 0. The van der Waals surface area contributed by atoms with Crippen LogP contribution in [0, 0.1) is 0 Å². The highest BCUT2D eigenvalue weighted by atomic mass is 16.5. The Morgan fingerprint density at radius 3 is 2.15 bits per heavy atom. The Morgan fingerprint density at radius 1 is 0.850 bits per heavy atom. The van der Waals surface area contributed by atoms with Gasteiger partial charge in [-0.1, -0.05) is 18.2 Å². The van der Waals surface area contributed by atoms with Gasteiger partial charge < -0.3 is 14.2 Å². The zero-order valence-electron chi connectivity index (χ0n) is 12.2. The van der Waals surface area contributed by atoms with Gasteiger partial charge in [0.05, 0.1) is 20.8 Å². The second kappa shape index (κ2) is 6.85. The maximum atomic E-state index is 5.45. The first-order valence-electron chi connectivity index (χ1n) is 6.69. The summed E-state index contributed by atoms with van der Waals surface area (Å²) in [4.78, 5) is 0. The van der Waals surface area contributed by atoms with Gasteiger partial charge in [0, 0.05) is 12.5 Å². The summed E-state index contributed by atoms with van der Waals surface area (Å²) in [6, 6.07) is 14.0. The maximum absolute atomic E-state index is 5.45. The monoisotopic (exact) mass is 272 g/mol. The molecule has 0 spiro atoms. The molecule has 0 aliphatic carbocycles. The molecule has 2 aromatic rings. The normalized spacial score (nSPS) is 10.2. The largest absolute Gasteiger partial charge is 0.497 e. The summed E-state index contributed by atoms with van der Waals surface area (Å²) < 4.78 is 16.1. The van der Waals surface area contributed by atoms with Crippen LogP contribution in [0.3, 0.4) is 0 Å². The van der Waals surface area contributed by atoms with E-state index in [1.54, 1.807) is 14.2 Å². The lowest BCUT2D eigenvalue weighted by molar-refractivity contribution is 0.340. The average molecular weight is 272 g/mol. The maximum Gasteiger partial charge on any atom is 0.126 e. The molecule has 0 aliphatic heterocycles. The van der Waals surface area contributed by atoms with E-state index in [0.29, 0.717) is 6.61 Å². The lowest BCUT2D eigenvalue weighted by atomic mass is 10.0. The Balaban J connectivity index is 2.16. The lowest BCUT2D eigenvalue weighted by Gasteiger charge is -2.11. The summed E-state index contributed by atoms with van der Waals surface area (Å²) in [6.45, 7) is 2.67. The fourth-order valence-corrected chi connectivity index (χ4v) is 2.09. The molecule has 106 valence electrons. The number of hydrogen-bond acceptors (Lipinski definition) is 3. The Morgan fingerprint density at radius 2 is 1.55 bits per heavy atom. The quantitative estimate of drug-likeness (QED) is 0.802. The Labute approximate surface area is 120 Å². The number of benzene rings is 2. The molecule has 3 nitrogen and oxygen atoms in total. The molecule has 0 bridgehead atoms. The van der Waals surface area contributed by atoms with Crippen molar-refractivity contribution < 1.29 is 14.2 Å². The standard InChI is InChI=1S/C17H20O3/c1-4-20-15-8-5-13(6-9-15)11-14-7-10-16(18-2)12-17(14)19-3/h5-10,12H,4,11H2,1-3H3. The van der Waals surface area contributed by atoms with Gasteiger partial charge in [0.15, 0.2) is 0 Å². The second-order valence-electron chi connectivity index (χ2n) is 4.43. The first kappa shape index (κ1) is 14.3. The Bertz CT molecular complexity index is 547. The van der Waals surface area contributed by atoms with Crippen molar-refractivity contribution in [1.82, 2.24) is 0 Å². The van der Waals surface area contributed by atoms with Gasteiger partial charge in [-0.05, 0) is 36.2 Å². The van der Waals surface area contributed by atoms with Crippen LogP contribution in [0.1, 0.15) is 18.1 Å². The number of hydrogen-bond donors (Lipinski definition) is 0. The molecule has 0 aliphatic rings. The van der Waals surface area contributed by atoms with Gasteiger partial charge in [-0.15, -0.1) is 0 Å². The van der Waals surface area contributed by atoms with Crippen molar-refractivity contribution in [1.29, 1.82) is 0 Å². The molecule has 0 aromatic heterocycles. The van der Waals surface area contributed by atoms with Crippen LogP contribution in [0.2, 0.25) is 0 Å². The van der Waals surface area contributed by atoms with E-state index in [1.807, 2.05) is 37.3 Å². The summed E-state index contributed by atoms with van der Waals surface area (Å²) in [5, 5.41) is 0. The predicted molar refractivity (Wildman–Crippen MR) is 80.0 cm³/mol. The molecule has 3 heteroatoms. The van der Waals surface area contributed by atoms with Crippen LogP contribution < -0.4 is 14.2 Å². The van der Waals surface area contributed by atoms with Crippen molar-refractivity contribution in [3.05, 3.63) is 53.6 Å². The third-order valence-electron chi connectivity index (χ3n) is 3.12.